The summed E-state index contributed by atoms with van der Waals surface area (Å²) in [7, 11) is 0. The van der Waals surface area contributed by atoms with Gasteiger partial charge in [0, 0.05) is 29.4 Å². The normalized spacial score (nSPS) is 15.5. The molecule has 4 rings (SSSR count). The first-order chi connectivity index (χ1) is 11.8. The molecule has 0 amide bonds. The summed E-state index contributed by atoms with van der Waals surface area (Å²) in [5.74, 6) is 0.627. The minimum atomic E-state index is -0.153. The molecule has 0 unspecified atom stereocenters. The minimum Gasteiger partial charge on any atom is -0.317 e. The Morgan fingerprint density at radius 3 is 2.62 bits per heavy atom. The fraction of sp³-hybridized carbons (Fsp3) is 0.278. The first kappa shape index (κ1) is 14.8. The van der Waals surface area contributed by atoms with E-state index < -0.39 is 0 Å². The number of pyridine rings is 1. The van der Waals surface area contributed by atoms with Crippen LogP contribution in [0.3, 0.4) is 0 Å². The van der Waals surface area contributed by atoms with E-state index in [4.69, 9.17) is 0 Å². The first-order valence-corrected chi connectivity index (χ1v) is 8.22. The highest BCUT2D eigenvalue weighted by Gasteiger charge is 2.24. The van der Waals surface area contributed by atoms with Gasteiger partial charge in [0.2, 0.25) is 11.5 Å². The Balaban J connectivity index is 1.81. The van der Waals surface area contributed by atoms with Gasteiger partial charge in [0.05, 0.1) is 0 Å². The number of fused-ring (bicyclic) bond motifs is 1. The van der Waals surface area contributed by atoms with Crippen molar-refractivity contribution in [1.82, 2.24) is 20.3 Å². The molecule has 6 heteroatoms. The third-order valence-electron chi connectivity index (χ3n) is 4.38. The molecule has 3 heterocycles. The summed E-state index contributed by atoms with van der Waals surface area (Å²) in [5, 5.41) is 4.22. The number of aromatic amines is 1. The zero-order valence-electron chi connectivity index (χ0n) is 13.3. The highest BCUT2D eigenvalue weighted by molar-refractivity contribution is 5.75. The molecule has 0 saturated carbocycles. The Hall–Kier alpha value is -2.73. The maximum atomic E-state index is 11.6. The Kier molecular flexibility index (Phi) is 3.96. The van der Waals surface area contributed by atoms with Gasteiger partial charge in [-0.3, -0.25) is 4.79 Å². The Morgan fingerprint density at radius 2 is 1.83 bits per heavy atom. The molecule has 1 saturated heterocycles. The number of rotatable bonds is 3. The van der Waals surface area contributed by atoms with Gasteiger partial charge >= 0.3 is 0 Å². The van der Waals surface area contributed by atoms with Crippen molar-refractivity contribution < 1.29 is 0 Å². The van der Waals surface area contributed by atoms with Crippen molar-refractivity contribution >= 4 is 22.7 Å². The summed E-state index contributed by atoms with van der Waals surface area (Å²) in [6.45, 7) is 1.97. The second kappa shape index (κ2) is 6.41. The Labute approximate surface area is 139 Å². The molecule has 0 bridgehead atoms. The number of nitrogens with zero attached hydrogens (tertiary/aromatic N) is 3. The lowest BCUT2D eigenvalue weighted by molar-refractivity contribution is 0.449. The lowest BCUT2D eigenvalue weighted by Crippen LogP contribution is -2.41. The van der Waals surface area contributed by atoms with Gasteiger partial charge in [0.25, 0.3) is 0 Å². The van der Waals surface area contributed by atoms with E-state index in [1.807, 2.05) is 18.2 Å². The van der Waals surface area contributed by atoms with Crippen LogP contribution < -0.4 is 15.8 Å². The van der Waals surface area contributed by atoms with E-state index in [2.05, 4.69) is 37.3 Å². The molecular formula is C18H19N5O. The van der Waals surface area contributed by atoms with Gasteiger partial charge in [-0.2, -0.15) is 4.98 Å². The quantitative estimate of drug-likeness (QED) is 0.774. The fourth-order valence-corrected chi connectivity index (χ4v) is 3.19. The van der Waals surface area contributed by atoms with Crippen molar-refractivity contribution in [1.29, 1.82) is 0 Å². The van der Waals surface area contributed by atoms with E-state index in [1.54, 1.807) is 12.3 Å². The molecule has 0 aliphatic carbocycles. The van der Waals surface area contributed by atoms with Gasteiger partial charge in [-0.1, -0.05) is 18.2 Å². The third-order valence-corrected chi connectivity index (χ3v) is 4.38. The molecule has 1 aliphatic heterocycles. The summed E-state index contributed by atoms with van der Waals surface area (Å²) >= 11 is 0. The van der Waals surface area contributed by atoms with Crippen LogP contribution in [0.2, 0.25) is 0 Å². The second-order valence-corrected chi connectivity index (χ2v) is 5.98. The van der Waals surface area contributed by atoms with Gasteiger partial charge in [0.15, 0.2) is 0 Å². The number of para-hydroxylation sites is 1. The number of piperidine rings is 1. The summed E-state index contributed by atoms with van der Waals surface area (Å²) in [6.07, 6.45) is 3.83. The smallest absolute Gasteiger partial charge is 0.249 e. The van der Waals surface area contributed by atoms with E-state index in [-0.39, 0.29) is 5.56 Å². The third kappa shape index (κ3) is 2.88. The zero-order chi connectivity index (χ0) is 16.4. The Bertz CT molecular complexity index is 887. The average Bonchev–Trinajstić information content (AvgIpc) is 2.63. The van der Waals surface area contributed by atoms with Crippen LogP contribution in [-0.2, 0) is 0 Å². The first-order valence-electron chi connectivity index (χ1n) is 8.22. The van der Waals surface area contributed by atoms with Crippen molar-refractivity contribution in [2.75, 3.05) is 18.0 Å². The number of hydrogen-bond donors (Lipinski definition) is 2. The lowest BCUT2D eigenvalue weighted by atomic mass is 10.0. The number of nitrogens with one attached hydrogen (secondary N) is 2. The van der Waals surface area contributed by atoms with Crippen LogP contribution in [-0.4, -0.2) is 34.1 Å². The largest absolute Gasteiger partial charge is 0.317 e. The standard InChI is InChI=1S/C18H19N5O/c24-16-7-6-13-12-20-18(22-17(13)21-16)23(14-4-2-1-3-5-14)15-8-10-19-11-9-15/h1-7,12,15,19H,8-11H2,(H,20,21,22,24). The van der Waals surface area contributed by atoms with Crippen LogP contribution >= 0.6 is 0 Å². The van der Waals surface area contributed by atoms with Crippen molar-refractivity contribution in [2.24, 2.45) is 0 Å². The van der Waals surface area contributed by atoms with Gasteiger partial charge in [-0.05, 0) is 44.1 Å². The fourth-order valence-electron chi connectivity index (χ4n) is 3.19. The summed E-state index contributed by atoms with van der Waals surface area (Å²) in [4.78, 5) is 25.8. The van der Waals surface area contributed by atoms with Crippen molar-refractivity contribution in [3.63, 3.8) is 0 Å². The second-order valence-electron chi connectivity index (χ2n) is 5.98. The van der Waals surface area contributed by atoms with E-state index in [9.17, 15) is 4.79 Å². The molecule has 122 valence electrons. The molecule has 0 spiro atoms. The molecule has 3 aromatic rings. The van der Waals surface area contributed by atoms with Crippen molar-refractivity contribution in [2.45, 2.75) is 18.9 Å². The van der Waals surface area contributed by atoms with E-state index >= 15 is 0 Å². The molecular weight excluding hydrogens is 302 g/mol. The summed E-state index contributed by atoms with van der Waals surface area (Å²) in [6, 6.07) is 13.8. The number of H-pyrrole nitrogens is 1. The molecule has 1 fully saturated rings. The predicted molar refractivity (Wildman–Crippen MR) is 94.6 cm³/mol. The van der Waals surface area contributed by atoms with Crippen LogP contribution in [0, 0.1) is 0 Å². The monoisotopic (exact) mass is 321 g/mol. The SMILES string of the molecule is O=c1ccc2cnc(N(c3ccccc3)C3CCNCC3)nc2[nH]1. The molecule has 24 heavy (non-hydrogen) atoms. The minimum absolute atomic E-state index is 0.153. The Morgan fingerprint density at radius 1 is 1.04 bits per heavy atom. The lowest BCUT2D eigenvalue weighted by Gasteiger charge is -2.34. The van der Waals surface area contributed by atoms with Crippen LogP contribution in [0.4, 0.5) is 11.6 Å². The predicted octanol–water partition coefficient (Wildman–Crippen LogP) is 2.21. The topological polar surface area (TPSA) is 73.9 Å². The number of benzene rings is 1. The van der Waals surface area contributed by atoms with Gasteiger partial charge in [-0.15, -0.1) is 0 Å². The number of hydrogen-bond acceptors (Lipinski definition) is 5. The van der Waals surface area contributed by atoms with Crippen molar-refractivity contribution in [3.8, 4) is 0 Å². The van der Waals surface area contributed by atoms with Crippen LogP contribution in [0.15, 0.2) is 53.5 Å². The van der Waals surface area contributed by atoms with Crippen LogP contribution in [0.5, 0.6) is 0 Å². The maximum Gasteiger partial charge on any atom is 0.249 e. The molecule has 2 N–H and O–H groups in total. The van der Waals surface area contributed by atoms with Crippen molar-refractivity contribution in [3.05, 3.63) is 59.0 Å². The molecule has 1 aliphatic rings. The molecule has 0 atom stereocenters. The van der Waals surface area contributed by atoms with E-state index in [0.717, 1.165) is 37.0 Å². The summed E-state index contributed by atoms with van der Waals surface area (Å²) < 4.78 is 0. The van der Waals surface area contributed by atoms with E-state index in [1.165, 1.54) is 6.07 Å². The highest BCUT2D eigenvalue weighted by atomic mass is 16.1. The van der Waals surface area contributed by atoms with Crippen LogP contribution in [0.1, 0.15) is 12.8 Å². The van der Waals surface area contributed by atoms with Gasteiger partial charge < -0.3 is 15.2 Å². The molecule has 1 aromatic carbocycles. The van der Waals surface area contributed by atoms with Gasteiger partial charge in [0.1, 0.15) is 5.65 Å². The number of aromatic nitrogens is 3. The average molecular weight is 321 g/mol. The molecule has 2 aromatic heterocycles. The zero-order valence-corrected chi connectivity index (χ0v) is 13.3. The number of anilines is 2. The molecule has 0 radical (unpaired) electrons. The van der Waals surface area contributed by atoms with E-state index in [0.29, 0.717) is 17.6 Å². The van der Waals surface area contributed by atoms with Gasteiger partial charge in [-0.25, -0.2) is 4.98 Å². The highest BCUT2D eigenvalue weighted by Crippen LogP contribution is 2.28. The molecule has 6 nitrogen and oxygen atoms in total. The summed E-state index contributed by atoms with van der Waals surface area (Å²) in [5.41, 5.74) is 1.49. The maximum absolute atomic E-state index is 11.6. The van der Waals surface area contributed by atoms with Crippen LogP contribution in [0.25, 0.3) is 11.0 Å².